The summed E-state index contributed by atoms with van der Waals surface area (Å²) < 4.78 is 5.88. The van der Waals surface area contributed by atoms with E-state index in [4.69, 9.17) is 39.5 Å². The third-order valence-corrected chi connectivity index (χ3v) is 3.98. The average Bonchev–Trinajstić information content (AvgIpc) is 2.52. The Morgan fingerprint density at radius 1 is 0.952 bits per heavy atom. The molecule has 0 saturated heterocycles. The van der Waals surface area contributed by atoms with E-state index in [2.05, 4.69) is 4.98 Å². The van der Waals surface area contributed by atoms with Gasteiger partial charge in [0.25, 0.3) is 0 Å². The molecular formula is C16H10Cl3NO. The minimum Gasteiger partial charge on any atom is -0.454 e. The Labute approximate surface area is 137 Å². The molecule has 106 valence electrons. The lowest BCUT2D eigenvalue weighted by molar-refractivity contribution is 0.487. The highest BCUT2D eigenvalue weighted by molar-refractivity contribution is 6.35. The Kier molecular flexibility index (Phi) is 4.20. The van der Waals surface area contributed by atoms with E-state index in [0.717, 1.165) is 10.9 Å². The molecule has 3 rings (SSSR count). The Bertz CT molecular complexity index is 805. The van der Waals surface area contributed by atoms with Crippen molar-refractivity contribution in [3.8, 4) is 11.5 Å². The van der Waals surface area contributed by atoms with E-state index >= 15 is 0 Å². The number of benzene rings is 2. The molecular weight excluding hydrogens is 329 g/mol. The predicted molar refractivity (Wildman–Crippen MR) is 87.8 cm³/mol. The van der Waals surface area contributed by atoms with Gasteiger partial charge in [-0.3, -0.25) is 4.98 Å². The van der Waals surface area contributed by atoms with Crippen molar-refractivity contribution in [2.75, 3.05) is 0 Å². The molecule has 0 amide bonds. The van der Waals surface area contributed by atoms with Gasteiger partial charge in [-0.05, 0) is 42.0 Å². The molecule has 5 heteroatoms. The van der Waals surface area contributed by atoms with E-state index in [9.17, 15) is 0 Å². The van der Waals surface area contributed by atoms with Crippen molar-refractivity contribution in [3.05, 3.63) is 64.3 Å². The molecule has 0 saturated carbocycles. The zero-order valence-corrected chi connectivity index (χ0v) is 13.1. The number of pyridine rings is 1. The van der Waals surface area contributed by atoms with Gasteiger partial charge in [0.2, 0.25) is 0 Å². The first kappa shape index (κ1) is 14.5. The molecule has 3 aromatic rings. The van der Waals surface area contributed by atoms with Crippen LogP contribution >= 0.6 is 34.8 Å². The van der Waals surface area contributed by atoms with Crippen LogP contribution in [-0.4, -0.2) is 4.98 Å². The maximum Gasteiger partial charge on any atom is 0.153 e. The fourth-order valence-electron chi connectivity index (χ4n) is 2.02. The molecule has 0 spiro atoms. The van der Waals surface area contributed by atoms with Crippen LogP contribution in [0.5, 0.6) is 11.5 Å². The zero-order valence-electron chi connectivity index (χ0n) is 10.8. The fourth-order valence-corrected chi connectivity index (χ4v) is 2.65. The molecule has 1 aromatic heterocycles. The molecule has 0 aliphatic rings. The van der Waals surface area contributed by atoms with Crippen molar-refractivity contribution >= 4 is 45.7 Å². The normalized spacial score (nSPS) is 10.8. The van der Waals surface area contributed by atoms with Gasteiger partial charge in [0.15, 0.2) is 5.75 Å². The van der Waals surface area contributed by atoms with E-state index in [1.54, 1.807) is 30.5 Å². The summed E-state index contributed by atoms with van der Waals surface area (Å²) >= 11 is 18.2. The highest BCUT2D eigenvalue weighted by atomic mass is 35.5. The van der Waals surface area contributed by atoms with Crippen LogP contribution in [0.25, 0.3) is 10.9 Å². The zero-order chi connectivity index (χ0) is 14.8. The van der Waals surface area contributed by atoms with Crippen LogP contribution in [0.4, 0.5) is 0 Å². The van der Waals surface area contributed by atoms with Crippen molar-refractivity contribution in [2.24, 2.45) is 0 Å². The first-order chi connectivity index (χ1) is 10.2. The van der Waals surface area contributed by atoms with Gasteiger partial charge in [0.05, 0.1) is 10.0 Å². The number of hydrogen-bond donors (Lipinski definition) is 0. The molecule has 21 heavy (non-hydrogen) atoms. The Morgan fingerprint density at radius 3 is 2.52 bits per heavy atom. The largest absolute Gasteiger partial charge is 0.454 e. The summed E-state index contributed by atoms with van der Waals surface area (Å²) in [6, 6.07) is 12.7. The van der Waals surface area contributed by atoms with Crippen LogP contribution in [0.3, 0.4) is 0 Å². The van der Waals surface area contributed by atoms with E-state index in [1.165, 1.54) is 0 Å². The Morgan fingerprint density at radius 2 is 1.76 bits per heavy atom. The van der Waals surface area contributed by atoms with Crippen LogP contribution in [-0.2, 0) is 5.88 Å². The van der Waals surface area contributed by atoms with Crippen LogP contribution in [0.15, 0.2) is 48.7 Å². The quantitative estimate of drug-likeness (QED) is 0.540. The summed E-state index contributed by atoms with van der Waals surface area (Å²) in [6.07, 6.45) is 1.70. The van der Waals surface area contributed by atoms with Crippen LogP contribution in [0.2, 0.25) is 10.0 Å². The van der Waals surface area contributed by atoms with Crippen LogP contribution < -0.4 is 4.74 Å². The monoisotopic (exact) mass is 337 g/mol. The minimum absolute atomic E-state index is 0.408. The highest BCUT2D eigenvalue weighted by Crippen LogP contribution is 2.35. The third kappa shape index (κ3) is 2.93. The molecule has 2 aromatic carbocycles. The molecule has 0 aliphatic heterocycles. The number of aromatic nitrogens is 1. The first-order valence-electron chi connectivity index (χ1n) is 6.24. The molecule has 0 unspecified atom stereocenters. The van der Waals surface area contributed by atoms with Crippen molar-refractivity contribution in [1.29, 1.82) is 0 Å². The molecule has 0 radical (unpaired) electrons. The minimum atomic E-state index is 0.408. The number of halogens is 3. The number of rotatable bonds is 3. The topological polar surface area (TPSA) is 22.1 Å². The molecule has 0 bridgehead atoms. The third-order valence-electron chi connectivity index (χ3n) is 3.05. The van der Waals surface area contributed by atoms with Crippen molar-refractivity contribution in [2.45, 2.75) is 5.88 Å². The standard InChI is InChI=1S/C16H10Cl3NO/c17-9-10-3-5-14(13(19)8-10)21-15-6-4-12(18)11-2-1-7-20-16(11)15/h1-8H,9H2. The summed E-state index contributed by atoms with van der Waals surface area (Å²) in [5, 5.41) is 1.98. The van der Waals surface area contributed by atoms with Gasteiger partial charge in [0.1, 0.15) is 11.3 Å². The van der Waals surface area contributed by atoms with E-state index in [-0.39, 0.29) is 0 Å². The predicted octanol–water partition coefficient (Wildman–Crippen LogP) is 6.07. The van der Waals surface area contributed by atoms with Crippen LogP contribution in [0, 0.1) is 0 Å². The smallest absolute Gasteiger partial charge is 0.153 e. The maximum atomic E-state index is 6.21. The summed E-state index contributed by atoms with van der Waals surface area (Å²) in [5.41, 5.74) is 1.63. The number of fused-ring (bicyclic) bond motifs is 1. The summed E-state index contributed by atoms with van der Waals surface area (Å²) in [7, 11) is 0. The van der Waals surface area contributed by atoms with Gasteiger partial charge in [-0.2, -0.15) is 0 Å². The second-order valence-corrected chi connectivity index (χ2v) is 5.53. The van der Waals surface area contributed by atoms with Crippen molar-refractivity contribution in [1.82, 2.24) is 4.98 Å². The van der Waals surface area contributed by atoms with Crippen LogP contribution in [0.1, 0.15) is 5.56 Å². The van der Waals surface area contributed by atoms with Gasteiger partial charge < -0.3 is 4.74 Å². The van der Waals surface area contributed by atoms with E-state index < -0.39 is 0 Å². The lowest BCUT2D eigenvalue weighted by Crippen LogP contribution is -1.90. The lowest BCUT2D eigenvalue weighted by Gasteiger charge is -2.11. The lowest BCUT2D eigenvalue weighted by atomic mass is 10.2. The van der Waals surface area contributed by atoms with Gasteiger partial charge in [0, 0.05) is 17.5 Å². The van der Waals surface area contributed by atoms with Gasteiger partial charge in [-0.15, -0.1) is 11.6 Å². The number of hydrogen-bond acceptors (Lipinski definition) is 2. The Balaban J connectivity index is 2.04. The number of alkyl halides is 1. The summed E-state index contributed by atoms with van der Waals surface area (Å²) in [4.78, 5) is 4.33. The summed E-state index contributed by atoms with van der Waals surface area (Å²) in [5.74, 6) is 1.57. The highest BCUT2D eigenvalue weighted by Gasteiger charge is 2.10. The Hall–Kier alpha value is -1.48. The fraction of sp³-hybridized carbons (Fsp3) is 0.0625. The van der Waals surface area contributed by atoms with Crippen molar-refractivity contribution < 1.29 is 4.74 Å². The molecule has 0 aliphatic carbocycles. The molecule has 0 atom stereocenters. The molecule has 1 heterocycles. The van der Waals surface area contributed by atoms with Gasteiger partial charge in [-0.25, -0.2) is 0 Å². The maximum absolute atomic E-state index is 6.21. The van der Waals surface area contributed by atoms with E-state index in [0.29, 0.717) is 32.9 Å². The SMILES string of the molecule is ClCc1ccc(Oc2ccc(Cl)c3cccnc23)c(Cl)c1. The van der Waals surface area contributed by atoms with E-state index in [1.807, 2.05) is 18.2 Å². The van der Waals surface area contributed by atoms with Crippen molar-refractivity contribution in [3.63, 3.8) is 0 Å². The summed E-state index contributed by atoms with van der Waals surface area (Å²) in [6.45, 7) is 0. The number of nitrogens with zero attached hydrogens (tertiary/aromatic N) is 1. The van der Waals surface area contributed by atoms with Gasteiger partial charge in [-0.1, -0.05) is 29.3 Å². The average molecular weight is 339 g/mol. The molecule has 2 nitrogen and oxygen atoms in total. The molecule has 0 N–H and O–H groups in total. The number of ether oxygens (including phenoxy) is 1. The molecule has 0 fully saturated rings. The van der Waals surface area contributed by atoms with Gasteiger partial charge >= 0.3 is 0 Å². The second-order valence-electron chi connectivity index (χ2n) is 4.45. The second kappa shape index (κ2) is 6.10. The first-order valence-corrected chi connectivity index (χ1v) is 7.53.